The first kappa shape index (κ1) is 71.6. The highest BCUT2D eigenvalue weighted by Crippen LogP contribution is 2.16. The number of carbonyl (C=O) groups is 3. The summed E-state index contributed by atoms with van der Waals surface area (Å²) in [6.45, 7) is 6.54. The Morgan fingerprint density at radius 1 is 0.280 bits per heavy atom. The van der Waals surface area contributed by atoms with Crippen LogP contribution in [0.1, 0.15) is 316 Å². The van der Waals surface area contributed by atoms with Crippen LogP contribution in [0.15, 0.2) is 85.1 Å². The SMILES string of the molecule is CC/C=C\C/C=C\C/C=C\C/C=C\C/C=C\CCCCCCCCCC(=O)OCC(COC(=O)CCCCCCCCCCCCCCC)OC(=O)CCCCCCCCCCC/C=C\C/C=C\CCCCCCC. The third-order valence-electron chi connectivity index (χ3n) is 13.9. The summed E-state index contributed by atoms with van der Waals surface area (Å²) in [7, 11) is 0. The number of ether oxygens (including phenoxy) is 3. The summed E-state index contributed by atoms with van der Waals surface area (Å²) in [6, 6.07) is 0. The van der Waals surface area contributed by atoms with Gasteiger partial charge in [0, 0.05) is 19.3 Å². The van der Waals surface area contributed by atoms with Crippen molar-refractivity contribution in [3.05, 3.63) is 85.1 Å². The van der Waals surface area contributed by atoms with Gasteiger partial charge in [0.05, 0.1) is 0 Å². The summed E-state index contributed by atoms with van der Waals surface area (Å²) in [4.78, 5) is 38.3. The summed E-state index contributed by atoms with van der Waals surface area (Å²) < 4.78 is 16.9. The number of esters is 3. The van der Waals surface area contributed by atoms with Gasteiger partial charge in [-0.15, -0.1) is 0 Å². The van der Waals surface area contributed by atoms with Crippen molar-refractivity contribution in [3.8, 4) is 0 Å². The lowest BCUT2D eigenvalue weighted by molar-refractivity contribution is -0.167. The lowest BCUT2D eigenvalue weighted by atomic mass is 10.0. The number of allylic oxidation sites excluding steroid dienone is 14. The van der Waals surface area contributed by atoms with Crippen LogP contribution < -0.4 is 0 Å². The molecular weight excluding hydrogens is 925 g/mol. The van der Waals surface area contributed by atoms with E-state index in [0.717, 1.165) is 103 Å². The predicted molar refractivity (Wildman–Crippen MR) is 325 cm³/mol. The van der Waals surface area contributed by atoms with Crippen molar-refractivity contribution >= 4 is 17.9 Å². The smallest absolute Gasteiger partial charge is 0.306 e. The lowest BCUT2D eigenvalue weighted by Crippen LogP contribution is -2.30. The van der Waals surface area contributed by atoms with Gasteiger partial charge in [0.15, 0.2) is 6.10 Å². The highest BCUT2D eigenvalue weighted by Gasteiger charge is 2.19. The van der Waals surface area contributed by atoms with E-state index in [2.05, 4.69) is 106 Å². The van der Waals surface area contributed by atoms with E-state index in [0.29, 0.717) is 19.3 Å². The van der Waals surface area contributed by atoms with Gasteiger partial charge < -0.3 is 14.2 Å². The minimum absolute atomic E-state index is 0.0791. The van der Waals surface area contributed by atoms with Crippen molar-refractivity contribution < 1.29 is 28.6 Å². The first-order valence-corrected chi connectivity index (χ1v) is 32.1. The number of hydrogen-bond donors (Lipinski definition) is 0. The Hall–Kier alpha value is -3.41. The fraction of sp³-hybridized carbons (Fsp3) is 0.754. The van der Waals surface area contributed by atoms with E-state index in [4.69, 9.17) is 14.2 Å². The molecule has 0 fully saturated rings. The molecule has 432 valence electrons. The molecule has 0 rings (SSSR count). The van der Waals surface area contributed by atoms with Crippen LogP contribution in [0.2, 0.25) is 0 Å². The summed E-state index contributed by atoms with van der Waals surface area (Å²) in [5, 5.41) is 0. The van der Waals surface area contributed by atoms with Crippen LogP contribution in [0.3, 0.4) is 0 Å². The Bertz CT molecular complexity index is 1430. The second kappa shape index (κ2) is 63.1. The molecule has 0 saturated carbocycles. The highest BCUT2D eigenvalue weighted by atomic mass is 16.6. The Morgan fingerprint density at radius 3 is 0.813 bits per heavy atom. The van der Waals surface area contributed by atoms with Gasteiger partial charge in [0.2, 0.25) is 0 Å². The summed E-state index contributed by atoms with van der Waals surface area (Å²) >= 11 is 0. The zero-order chi connectivity index (χ0) is 54.3. The van der Waals surface area contributed by atoms with Crippen LogP contribution in [0.4, 0.5) is 0 Å². The standard InChI is InChI=1S/C69H120O6/c1-4-7-10-13-16-19-22-25-27-29-31-33-34-36-37-39-41-44-47-50-53-56-59-62-68(71)74-65-66(64-73-67(70)61-58-55-52-49-46-43-24-21-18-15-12-9-6-3)75-69(72)63-60-57-54-51-48-45-42-40-38-35-32-30-28-26-23-20-17-14-11-8-5-2/h7,10,16,19,23,25-27,30-33,36-37,66H,4-6,8-9,11-15,17-18,20-22,24,28-29,34-35,38-65H2,1-3H3/b10-7-,19-16-,26-23-,27-25-,32-30-,33-31-,37-36-. The van der Waals surface area contributed by atoms with E-state index < -0.39 is 6.10 Å². The van der Waals surface area contributed by atoms with Crippen LogP contribution in [0, 0.1) is 0 Å². The zero-order valence-corrected chi connectivity index (χ0v) is 49.6. The Morgan fingerprint density at radius 2 is 0.520 bits per heavy atom. The molecule has 0 aliphatic rings. The van der Waals surface area contributed by atoms with Crippen molar-refractivity contribution in [2.24, 2.45) is 0 Å². The normalized spacial score (nSPS) is 12.6. The molecule has 1 atom stereocenters. The maximum Gasteiger partial charge on any atom is 0.306 e. The minimum Gasteiger partial charge on any atom is -0.462 e. The average molecular weight is 1050 g/mol. The van der Waals surface area contributed by atoms with Gasteiger partial charge in [-0.25, -0.2) is 0 Å². The lowest BCUT2D eigenvalue weighted by Gasteiger charge is -2.18. The highest BCUT2D eigenvalue weighted by molar-refractivity contribution is 5.71. The number of unbranched alkanes of at least 4 members (excludes halogenated alkanes) is 33. The van der Waals surface area contributed by atoms with Gasteiger partial charge in [-0.05, 0) is 96.3 Å². The Labute approximate surface area is 465 Å². The Kier molecular flexibility index (Phi) is 60.3. The van der Waals surface area contributed by atoms with Crippen LogP contribution in [0.25, 0.3) is 0 Å². The van der Waals surface area contributed by atoms with Gasteiger partial charge in [-0.3, -0.25) is 14.4 Å². The number of rotatable bonds is 58. The van der Waals surface area contributed by atoms with E-state index in [1.165, 1.54) is 173 Å². The third-order valence-corrected chi connectivity index (χ3v) is 13.9. The largest absolute Gasteiger partial charge is 0.462 e. The molecule has 0 heterocycles. The quantitative estimate of drug-likeness (QED) is 0.0261. The second-order valence-corrected chi connectivity index (χ2v) is 21.3. The van der Waals surface area contributed by atoms with Crippen LogP contribution >= 0.6 is 0 Å². The van der Waals surface area contributed by atoms with Crippen LogP contribution in [-0.4, -0.2) is 37.2 Å². The van der Waals surface area contributed by atoms with E-state index >= 15 is 0 Å². The molecule has 0 amide bonds. The first-order chi connectivity index (χ1) is 37.0. The fourth-order valence-corrected chi connectivity index (χ4v) is 9.09. The number of carbonyl (C=O) groups excluding carboxylic acids is 3. The molecule has 0 aromatic carbocycles. The molecule has 0 aliphatic heterocycles. The minimum atomic E-state index is -0.783. The second-order valence-electron chi connectivity index (χ2n) is 21.3. The van der Waals surface area contributed by atoms with E-state index in [-0.39, 0.29) is 31.1 Å². The third kappa shape index (κ3) is 61.3. The summed E-state index contributed by atoms with van der Waals surface area (Å²) in [6.07, 6.45) is 82.9. The van der Waals surface area contributed by atoms with Crippen molar-refractivity contribution in [2.75, 3.05) is 13.2 Å². The van der Waals surface area contributed by atoms with Gasteiger partial charge in [-0.2, -0.15) is 0 Å². The molecule has 0 aliphatic carbocycles. The molecule has 0 N–H and O–H groups in total. The van der Waals surface area contributed by atoms with E-state index in [9.17, 15) is 14.4 Å². The molecule has 0 aromatic rings. The molecular formula is C69H120O6. The van der Waals surface area contributed by atoms with E-state index in [1.807, 2.05) is 0 Å². The van der Waals surface area contributed by atoms with Gasteiger partial charge in [0.1, 0.15) is 13.2 Å². The fourth-order valence-electron chi connectivity index (χ4n) is 9.09. The molecule has 6 heteroatoms. The molecule has 0 bridgehead atoms. The molecule has 6 nitrogen and oxygen atoms in total. The maximum absolute atomic E-state index is 12.9. The van der Waals surface area contributed by atoms with E-state index in [1.54, 1.807) is 0 Å². The zero-order valence-electron chi connectivity index (χ0n) is 49.6. The van der Waals surface area contributed by atoms with Crippen LogP contribution in [-0.2, 0) is 28.6 Å². The summed E-state index contributed by atoms with van der Waals surface area (Å²) in [5.74, 6) is -0.881. The monoisotopic (exact) mass is 1040 g/mol. The number of hydrogen-bond acceptors (Lipinski definition) is 6. The summed E-state index contributed by atoms with van der Waals surface area (Å²) in [5.41, 5.74) is 0. The van der Waals surface area contributed by atoms with Gasteiger partial charge >= 0.3 is 17.9 Å². The molecule has 0 spiro atoms. The topological polar surface area (TPSA) is 78.9 Å². The molecule has 0 aromatic heterocycles. The maximum atomic E-state index is 12.9. The Balaban J connectivity index is 4.36. The first-order valence-electron chi connectivity index (χ1n) is 32.1. The van der Waals surface area contributed by atoms with Crippen molar-refractivity contribution in [3.63, 3.8) is 0 Å². The molecule has 1 unspecified atom stereocenters. The predicted octanol–water partition coefficient (Wildman–Crippen LogP) is 21.9. The van der Waals surface area contributed by atoms with Gasteiger partial charge in [0.25, 0.3) is 0 Å². The average Bonchev–Trinajstić information content (AvgIpc) is 3.41. The van der Waals surface area contributed by atoms with Crippen molar-refractivity contribution in [1.82, 2.24) is 0 Å². The van der Waals surface area contributed by atoms with Crippen molar-refractivity contribution in [2.45, 2.75) is 322 Å². The molecule has 75 heavy (non-hydrogen) atoms. The van der Waals surface area contributed by atoms with Crippen LogP contribution in [0.5, 0.6) is 0 Å². The van der Waals surface area contributed by atoms with Crippen molar-refractivity contribution in [1.29, 1.82) is 0 Å². The molecule has 0 saturated heterocycles. The van der Waals surface area contributed by atoms with Gasteiger partial charge in [-0.1, -0.05) is 286 Å². The molecule has 0 radical (unpaired) electrons.